The summed E-state index contributed by atoms with van der Waals surface area (Å²) in [6, 6.07) is 8.58. The SMILES string of the molecule is CC(C)NS(=O)(=O)c1ccc(Cl)c(C(=O)Nc2cc(C(C)(C)C)ccc2O)c1. The van der Waals surface area contributed by atoms with E-state index in [1.807, 2.05) is 20.8 Å². The molecule has 3 N–H and O–H groups in total. The molecule has 28 heavy (non-hydrogen) atoms. The Kier molecular flexibility index (Phi) is 6.43. The molecule has 1 amide bonds. The lowest BCUT2D eigenvalue weighted by atomic mass is 9.87. The molecule has 2 rings (SSSR count). The van der Waals surface area contributed by atoms with Crippen molar-refractivity contribution in [2.75, 3.05) is 5.32 Å². The maximum atomic E-state index is 12.7. The van der Waals surface area contributed by atoms with E-state index in [-0.39, 0.29) is 38.4 Å². The number of benzene rings is 2. The minimum absolute atomic E-state index is 0.00569. The van der Waals surface area contributed by atoms with Crippen LogP contribution in [0.15, 0.2) is 41.3 Å². The molecule has 152 valence electrons. The molecular formula is C20H25ClN2O4S. The van der Waals surface area contributed by atoms with Gasteiger partial charge in [-0.3, -0.25) is 4.79 Å². The third-order valence-corrected chi connectivity index (χ3v) is 5.98. The average Bonchev–Trinajstić information content (AvgIpc) is 2.54. The van der Waals surface area contributed by atoms with Gasteiger partial charge in [-0.05, 0) is 55.2 Å². The van der Waals surface area contributed by atoms with Gasteiger partial charge in [0.1, 0.15) is 5.75 Å². The highest BCUT2D eigenvalue weighted by Gasteiger charge is 2.21. The molecule has 0 spiro atoms. The van der Waals surface area contributed by atoms with Crippen LogP contribution in [-0.2, 0) is 15.4 Å². The fraction of sp³-hybridized carbons (Fsp3) is 0.350. The molecule has 0 aliphatic rings. The topological polar surface area (TPSA) is 95.5 Å². The number of halogens is 1. The molecule has 0 aromatic heterocycles. The number of hydrogen-bond donors (Lipinski definition) is 3. The van der Waals surface area contributed by atoms with Gasteiger partial charge in [-0.2, -0.15) is 0 Å². The van der Waals surface area contributed by atoms with Crippen LogP contribution in [0.4, 0.5) is 5.69 Å². The van der Waals surface area contributed by atoms with Crippen molar-refractivity contribution in [2.24, 2.45) is 0 Å². The Hall–Kier alpha value is -2.09. The quantitative estimate of drug-likeness (QED) is 0.624. The van der Waals surface area contributed by atoms with Crippen molar-refractivity contribution < 1.29 is 18.3 Å². The van der Waals surface area contributed by atoms with E-state index >= 15 is 0 Å². The van der Waals surface area contributed by atoms with Crippen molar-refractivity contribution in [1.82, 2.24) is 4.72 Å². The second-order valence-electron chi connectivity index (χ2n) is 7.85. The summed E-state index contributed by atoms with van der Waals surface area (Å²) in [6.07, 6.45) is 0. The molecule has 0 saturated heterocycles. The summed E-state index contributed by atoms with van der Waals surface area (Å²) in [5, 5.41) is 12.8. The molecule has 0 fully saturated rings. The molecule has 0 saturated carbocycles. The number of aromatic hydroxyl groups is 1. The Morgan fingerprint density at radius 2 is 1.75 bits per heavy atom. The minimum Gasteiger partial charge on any atom is -0.506 e. The number of rotatable bonds is 5. The summed E-state index contributed by atoms with van der Waals surface area (Å²) in [5.41, 5.74) is 0.960. The zero-order valence-electron chi connectivity index (χ0n) is 16.5. The van der Waals surface area contributed by atoms with Gasteiger partial charge in [0.2, 0.25) is 10.0 Å². The summed E-state index contributed by atoms with van der Waals surface area (Å²) in [7, 11) is -3.78. The third kappa shape index (κ3) is 5.25. The lowest BCUT2D eigenvalue weighted by Crippen LogP contribution is -2.30. The summed E-state index contributed by atoms with van der Waals surface area (Å²) < 4.78 is 27.2. The van der Waals surface area contributed by atoms with E-state index in [1.165, 1.54) is 24.3 Å². The molecule has 0 atom stereocenters. The zero-order chi connectivity index (χ0) is 21.3. The molecule has 0 radical (unpaired) electrons. The zero-order valence-corrected chi connectivity index (χ0v) is 18.1. The van der Waals surface area contributed by atoms with E-state index in [1.54, 1.807) is 26.0 Å². The van der Waals surface area contributed by atoms with Crippen LogP contribution in [0, 0.1) is 0 Å². The van der Waals surface area contributed by atoms with Crippen LogP contribution >= 0.6 is 11.6 Å². The highest BCUT2D eigenvalue weighted by molar-refractivity contribution is 7.89. The van der Waals surface area contributed by atoms with Crippen LogP contribution < -0.4 is 10.0 Å². The lowest BCUT2D eigenvalue weighted by Gasteiger charge is -2.20. The number of sulfonamides is 1. The van der Waals surface area contributed by atoms with Gasteiger partial charge in [-0.25, -0.2) is 13.1 Å². The molecule has 2 aromatic rings. The van der Waals surface area contributed by atoms with Crippen molar-refractivity contribution in [1.29, 1.82) is 0 Å². The van der Waals surface area contributed by atoms with Gasteiger partial charge >= 0.3 is 0 Å². The number of anilines is 1. The number of phenolic OH excluding ortho intramolecular Hbond substituents is 1. The van der Waals surface area contributed by atoms with E-state index in [9.17, 15) is 18.3 Å². The average molecular weight is 425 g/mol. The van der Waals surface area contributed by atoms with Crippen LogP contribution in [0.3, 0.4) is 0 Å². The number of amides is 1. The highest BCUT2D eigenvalue weighted by atomic mass is 35.5. The van der Waals surface area contributed by atoms with Crippen molar-refractivity contribution in [2.45, 2.75) is 51.0 Å². The Bertz CT molecular complexity index is 996. The maximum Gasteiger partial charge on any atom is 0.257 e. The van der Waals surface area contributed by atoms with Gasteiger partial charge in [-0.1, -0.05) is 38.4 Å². The Morgan fingerprint density at radius 1 is 1.11 bits per heavy atom. The molecule has 0 heterocycles. The Morgan fingerprint density at radius 3 is 2.32 bits per heavy atom. The summed E-state index contributed by atoms with van der Waals surface area (Å²) in [4.78, 5) is 12.7. The molecule has 0 aliphatic heterocycles. The normalized spacial score (nSPS) is 12.2. The van der Waals surface area contributed by atoms with Crippen molar-refractivity contribution in [3.05, 3.63) is 52.5 Å². The van der Waals surface area contributed by atoms with E-state index in [0.29, 0.717) is 0 Å². The minimum atomic E-state index is -3.78. The summed E-state index contributed by atoms with van der Waals surface area (Å²) in [6.45, 7) is 9.44. The van der Waals surface area contributed by atoms with Gasteiger partial charge < -0.3 is 10.4 Å². The fourth-order valence-electron chi connectivity index (χ4n) is 2.52. The smallest absolute Gasteiger partial charge is 0.257 e. The van der Waals surface area contributed by atoms with Crippen LogP contribution in [0.2, 0.25) is 5.02 Å². The van der Waals surface area contributed by atoms with E-state index in [0.717, 1.165) is 5.56 Å². The first-order chi connectivity index (χ1) is 12.8. The summed E-state index contributed by atoms with van der Waals surface area (Å²) >= 11 is 6.12. The van der Waals surface area contributed by atoms with Gasteiger partial charge in [-0.15, -0.1) is 0 Å². The highest BCUT2D eigenvalue weighted by Crippen LogP contribution is 2.31. The largest absolute Gasteiger partial charge is 0.506 e. The lowest BCUT2D eigenvalue weighted by molar-refractivity contribution is 0.102. The Labute approximate surface area is 171 Å². The Balaban J connectivity index is 2.39. The first kappa shape index (κ1) is 22.2. The monoisotopic (exact) mass is 424 g/mol. The van der Waals surface area contributed by atoms with Crippen LogP contribution in [0.5, 0.6) is 5.75 Å². The fourth-order valence-corrected chi connectivity index (χ4v) is 4.00. The standard InChI is InChI=1S/C20H25ClN2O4S/c1-12(2)23-28(26,27)14-7-8-16(21)15(11-14)19(25)22-17-10-13(20(3,4)5)6-9-18(17)24/h6-12,23-24H,1-5H3,(H,22,25). The number of carbonyl (C=O) groups is 1. The first-order valence-electron chi connectivity index (χ1n) is 8.78. The second-order valence-corrected chi connectivity index (χ2v) is 9.97. The van der Waals surface area contributed by atoms with Crippen LogP contribution in [0.1, 0.15) is 50.5 Å². The van der Waals surface area contributed by atoms with E-state index in [2.05, 4.69) is 10.0 Å². The van der Waals surface area contributed by atoms with Crippen molar-refractivity contribution in [3.63, 3.8) is 0 Å². The summed E-state index contributed by atoms with van der Waals surface area (Å²) in [5.74, 6) is -0.712. The first-order valence-corrected chi connectivity index (χ1v) is 10.6. The van der Waals surface area contributed by atoms with Crippen molar-refractivity contribution in [3.8, 4) is 5.75 Å². The number of nitrogens with one attached hydrogen (secondary N) is 2. The number of phenols is 1. The van der Waals surface area contributed by atoms with E-state index in [4.69, 9.17) is 11.6 Å². The second kappa shape index (κ2) is 8.11. The van der Waals surface area contributed by atoms with Gasteiger partial charge in [0.05, 0.1) is 21.2 Å². The molecule has 0 bridgehead atoms. The maximum absolute atomic E-state index is 12.7. The van der Waals surface area contributed by atoms with E-state index < -0.39 is 15.9 Å². The molecule has 8 heteroatoms. The van der Waals surface area contributed by atoms with Crippen LogP contribution in [-0.4, -0.2) is 25.5 Å². The number of hydrogen-bond acceptors (Lipinski definition) is 4. The van der Waals surface area contributed by atoms with Gasteiger partial charge in [0.15, 0.2) is 0 Å². The van der Waals surface area contributed by atoms with Gasteiger partial charge in [0, 0.05) is 6.04 Å². The van der Waals surface area contributed by atoms with Crippen molar-refractivity contribution >= 4 is 33.2 Å². The molecule has 2 aromatic carbocycles. The predicted octanol–water partition coefficient (Wildman–Crippen LogP) is 4.28. The molecule has 0 aliphatic carbocycles. The molecule has 0 unspecified atom stereocenters. The van der Waals surface area contributed by atoms with Gasteiger partial charge in [0.25, 0.3) is 5.91 Å². The molecular weight excluding hydrogens is 400 g/mol. The number of carbonyl (C=O) groups excluding carboxylic acids is 1. The third-order valence-electron chi connectivity index (χ3n) is 3.99. The predicted molar refractivity (Wildman–Crippen MR) is 112 cm³/mol. The molecule has 6 nitrogen and oxygen atoms in total. The van der Waals surface area contributed by atoms with Crippen LogP contribution in [0.25, 0.3) is 0 Å².